The van der Waals surface area contributed by atoms with Crippen LogP contribution in [0.4, 0.5) is 5.82 Å². The molecule has 0 unspecified atom stereocenters. The van der Waals surface area contributed by atoms with E-state index in [1.165, 1.54) is 18.4 Å². The van der Waals surface area contributed by atoms with E-state index in [2.05, 4.69) is 30.8 Å². The molecule has 100 valence electrons. The number of nitrogens with zero attached hydrogens (tertiary/aromatic N) is 3. The number of anilines is 1. The zero-order chi connectivity index (χ0) is 13.4. The van der Waals surface area contributed by atoms with E-state index in [4.69, 9.17) is 4.42 Å². The summed E-state index contributed by atoms with van der Waals surface area (Å²) >= 11 is 3.47. The standard InChI is InChI=1S/C14H16BrN3O/c1-9-11(5-6-19-9)8-18(2)13-7-12(15)16-14(17-13)10-3-4-10/h5-7,10H,3-4,8H2,1-2H3. The molecule has 0 N–H and O–H groups in total. The van der Waals surface area contributed by atoms with Gasteiger partial charge in [0, 0.05) is 31.1 Å². The van der Waals surface area contributed by atoms with Gasteiger partial charge in [0.15, 0.2) is 0 Å². The second-order valence-electron chi connectivity index (χ2n) is 5.04. The molecule has 4 nitrogen and oxygen atoms in total. The molecule has 0 saturated heterocycles. The van der Waals surface area contributed by atoms with Gasteiger partial charge in [0.05, 0.1) is 6.26 Å². The van der Waals surface area contributed by atoms with Crippen molar-refractivity contribution in [1.82, 2.24) is 9.97 Å². The maximum atomic E-state index is 5.33. The van der Waals surface area contributed by atoms with Gasteiger partial charge in [0.1, 0.15) is 22.0 Å². The van der Waals surface area contributed by atoms with Crippen molar-refractivity contribution in [3.8, 4) is 0 Å². The summed E-state index contributed by atoms with van der Waals surface area (Å²) in [5, 5.41) is 0. The molecule has 0 atom stereocenters. The predicted molar refractivity (Wildman–Crippen MR) is 77.3 cm³/mol. The Morgan fingerprint density at radius 3 is 2.84 bits per heavy atom. The lowest BCUT2D eigenvalue weighted by atomic mass is 10.2. The Hall–Kier alpha value is -1.36. The highest BCUT2D eigenvalue weighted by molar-refractivity contribution is 9.10. The minimum Gasteiger partial charge on any atom is -0.469 e. The molecular formula is C14H16BrN3O. The van der Waals surface area contributed by atoms with E-state index in [0.717, 1.165) is 28.6 Å². The smallest absolute Gasteiger partial charge is 0.135 e. The number of hydrogen-bond acceptors (Lipinski definition) is 4. The topological polar surface area (TPSA) is 42.2 Å². The van der Waals surface area contributed by atoms with Crippen LogP contribution < -0.4 is 4.90 Å². The third-order valence-corrected chi connectivity index (χ3v) is 3.81. The molecule has 0 bridgehead atoms. The van der Waals surface area contributed by atoms with Crippen molar-refractivity contribution >= 4 is 21.7 Å². The van der Waals surface area contributed by atoms with Crippen molar-refractivity contribution in [3.05, 3.63) is 40.1 Å². The first-order valence-corrected chi connectivity index (χ1v) is 7.21. The van der Waals surface area contributed by atoms with Gasteiger partial charge < -0.3 is 9.32 Å². The van der Waals surface area contributed by atoms with Gasteiger partial charge in [-0.05, 0) is 41.8 Å². The molecule has 0 spiro atoms. The number of aromatic nitrogens is 2. The molecule has 2 aromatic heterocycles. The summed E-state index contributed by atoms with van der Waals surface area (Å²) in [4.78, 5) is 11.2. The van der Waals surface area contributed by atoms with E-state index in [-0.39, 0.29) is 0 Å². The minimum absolute atomic E-state index is 0.556. The Labute approximate surface area is 121 Å². The van der Waals surface area contributed by atoms with Gasteiger partial charge >= 0.3 is 0 Å². The summed E-state index contributed by atoms with van der Waals surface area (Å²) in [6, 6.07) is 3.96. The van der Waals surface area contributed by atoms with Crippen molar-refractivity contribution in [2.45, 2.75) is 32.2 Å². The van der Waals surface area contributed by atoms with Crippen LogP contribution in [0.5, 0.6) is 0 Å². The molecule has 2 heterocycles. The van der Waals surface area contributed by atoms with E-state index in [0.29, 0.717) is 5.92 Å². The van der Waals surface area contributed by atoms with E-state index >= 15 is 0 Å². The molecule has 19 heavy (non-hydrogen) atoms. The Bertz CT molecular complexity index is 592. The SMILES string of the molecule is Cc1occc1CN(C)c1cc(Br)nc(C2CC2)n1. The molecule has 3 rings (SSSR count). The van der Waals surface area contributed by atoms with Crippen LogP contribution in [0.1, 0.15) is 35.9 Å². The molecule has 0 amide bonds. The molecule has 1 aliphatic rings. The van der Waals surface area contributed by atoms with Gasteiger partial charge in [-0.3, -0.25) is 0 Å². The molecule has 0 radical (unpaired) electrons. The van der Waals surface area contributed by atoms with Crippen molar-refractivity contribution in [1.29, 1.82) is 0 Å². The second-order valence-corrected chi connectivity index (χ2v) is 5.85. The van der Waals surface area contributed by atoms with Crippen LogP contribution in [0, 0.1) is 6.92 Å². The van der Waals surface area contributed by atoms with Crippen LogP contribution in [0.3, 0.4) is 0 Å². The molecule has 2 aromatic rings. The maximum absolute atomic E-state index is 5.33. The Morgan fingerprint density at radius 1 is 1.42 bits per heavy atom. The molecule has 0 aromatic carbocycles. The van der Waals surface area contributed by atoms with Gasteiger partial charge in [-0.15, -0.1) is 0 Å². The number of hydrogen-bond donors (Lipinski definition) is 0. The third kappa shape index (κ3) is 2.81. The van der Waals surface area contributed by atoms with E-state index in [1.807, 2.05) is 26.1 Å². The Morgan fingerprint density at radius 2 is 2.21 bits per heavy atom. The van der Waals surface area contributed by atoms with Crippen molar-refractivity contribution < 1.29 is 4.42 Å². The summed E-state index contributed by atoms with van der Waals surface area (Å²) in [7, 11) is 2.04. The Balaban J connectivity index is 1.82. The first kappa shape index (κ1) is 12.7. The zero-order valence-electron chi connectivity index (χ0n) is 11.1. The molecule has 1 aliphatic carbocycles. The van der Waals surface area contributed by atoms with Crippen LogP contribution in [0.25, 0.3) is 0 Å². The normalized spacial score (nSPS) is 14.7. The lowest BCUT2D eigenvalue weighted by Gasteiger charge is -2.18. The highest BCUT2D eigenvalue weighted by atomic mass is 79.9. The van der Waals surface area contributed by atoms with Gasteiger partial charge in [0.2, 0.25) is 0 Å². The summed E-state index contributed by atoms with van der Waals surface area (Å²) in [5.41, 5.74) is 1.19. The summed E-state index contributed by atoms with van der Waals surface area (Å²) < 4.78 is 6.18. The minimum atomic E-state index is 0.556. The molecular weight excluding hydrogens is 306 g/mol. The fourth-order valence-electron chi connectivity index (χ4n) is 2.05. The van der Waals surface area contributed by atoms with Gasteiger partial charge in [-0.25, -0.2) is 9.97 Å². The van der Waals surface area contributed by atoms with Gasteiger partial charge in [-0.1, -0.05) is 0 Å². The molecule has 1 fully saturated rings. The van der Waals surface area contributed by atoms with Crippen LogP contribution in [-0.2, 0) is 6.54 Å². The van der Waals surface area contributed by atoms with E-state index < -0.39 is 0 Å². The number of aryl methyl sites for hydroxylation is 1. The summed E-state index contributed by atoms with van der Waals surface area (Å²) in [6.07, 6.45) is 4.14. The average Bonchev–Trinajstić information content (AvgIpc) is 3.15. The van der Waals surface area contributed by atoms with Crippen molar-refractivity contribution in [2.24, 2.45) is 0 Å². The first-order valence-electron chi connectivity index (χ1n) is 6.42. The van der Waals surface area contributed by atoms with Crippen LogP contribution in [0.15, 0.2) is 27.4 Å². The second kappa shape index (κ2) is 4.96. The van der Waals surface area contributed by atoms with Gasteiger partial charge in [0.25, 0.3) is 0 Å². The lowest BCUT2D eigenvalue weighted by Crippen LogP contribution is -2.18. The lowest BCUT2D eigenvalue weighted by molar-refractivity contribution is 0.529. The van der Waals surface area contributed by atoms with E-state index in [9.17, 15) is 0 Å². The maximum Gasteiger partial charge on any atom is 0.135 e. The molecule has 1 saturated carbocycles. The predicted octanol–water partition coefficient (Wildman–Crippen LogP) is 3.65. The molecule has 0 aliphatic heterocycles. The zero-order valence-corrected chi connectivity index (χ0v) is 12.6. The number of rotatable bonds is 4. The number of furan rings is 1. The quantitative estimate of drug-likeness (QED) is 0.806. The highest BCUT2D eigenvalue weighted by Crippen LogP contribution is 2.39. The van der Waals surface area contributed by atoms with Gasteiger partial charge in [-0.2, -0.15) is 0 Å². The van der Waals surface area contributed by atoms with Crippen LogP contribution in [0.2, 0.25) is 0 Å². The molecule has 5 heteroatoms. The summed E-state index contributed by atoms with van der Waals surface area (Å²) in [6.45, 7) is 2.77. The fourth-order valence-corrected chi connectivity index (χ4v) is 2.44. The first-order chi connectivity index (χ1) is 9.13. The highest BCUT2D eigenvalue weighted by Gasteiger charge is 2.27. The monoisotopic (exact) mass is 321 g/mol. The van der Waals surface area contributed by atoms with Crippen LogP contribution >= 0.6 is 15.9 Å². The average molecular weight is 322 g/mol. The Kier molecular flexibility index (Phi) is 3.31. The van der Waals surface area contributed by atoms with Crippen molar-refractivity contribution in [3.63, 3.8) is 0 Å². The summed E-state index contributed by atoms with van der Waals surface area (Å²) in [5.74, 6) is 3.42. The van der Waals surface area contributed by atoms with Crippen molar-refractivity contribution in [2.75, 3.05) is 11.9 Å². The largest absolute Gasteiger partial charge is 0.469 e. The number of halogens is 1. The van der Waals surface area contributed by atoms with Crippen LogP contribution in [-0.4, -0.2) is 17.0 Å². The van der Waals surface area contributed by atoms with E-state index in [1.54, 1.807) is 6.26 Å². The fraction of sp³-hybridized carbons (Fsp3) is 0.429. The third-order valence-electron chi connectivity index (χ3n) is 3.41.